The van der Waals surface area contributed by atoms with Crippen molar-refractivity contribution in [3.05, 3.63) is 58.4 Å². The molecule has 0 saturated carbocycles. The Morgan fingerprint density at radius 2 is 2.12 bits per heavy atom. The van der Waals surface area contributed by atoms with Crippen molar-refractivity contribution in [2.45, 2.75) is 0 Å². The van der Waals surface area contributed by atoms with Gasteiger partial charge < -0.3 is 14.8 Å². The first-order chi connectivity index (χ1) is 11.5. The summed E-state index contributed by atoms with van der Waals surface area (Å²) in [4.78, 5) is 37.5. The number of pyridine rings is 1. The monoisotopic (exact) mass is 331 g/mol. The zero-order valence-corrected chi connectivity index (χ0v) is 12.6. The maximum absolute atomic E-state index is 11.8. The normalized spacial score (nSPS) is 9.88. The summed E-state index contributed by atoms with van der Waals surface area (Å²) >= 11 is 0. The fourth-order valence-corrected chi connectivity index (χ4v) is 1.78. The lowest BCUT2D eigenvalue weighted by Gasteiger charge is -2.10. The van der Waals surface area contributed by atoms with Crippen LogP contribution in [0.5, 0.6) is 5.75 Å². The van der Waals surface area contributed by atoms with Gasteiger partial charge in [0.15, 0.2) is 6.61 Å². The second kappa shape index (κ2) is 7.68. The lowest BCUT2D eigenvalue weighted by Crippen LogP contribution is -2.21. The third kappa shape index (κ3) is 4.26. The maximum Gasteiger partial charge on any atom is 0.340 e. The molecule has 124 valence electrons. The fraction of sp³-hybridized carbons (Fsp3) is 0.133. The topological polar surface area (TPSA) is 121 Å². The lowest BCUT2D eigenvalue weighted by atomic mass is 10.2. The molecule has 0 atom stereocenters. The average Bonchev–Trinajstić information content (AvgIpc) is 2.60. The van der Waals surface area contributed by atoms with E-state index in [2.05, 4.69) is 10.3 Å². The van der Waals surface area contributed by atoms with E-state index in [1.54, 1.807) is 6.07 Å². The SMILES string of the molecule is COc1cc([N+](=O)[O-])ccc1NC(=O)COC(=O)c1cccnc1. The molecule has 9 nitrogen and oxygen atoms in total. The third-order valence-electron chi connectivity index (χ3n) is 2.90. The number of non-ortho nitro benzene ring substituents is 1. The minimum atomic E-state index is -0.686. The fourth-order valence-electron chi connectivity index (χ4n) is 1.78. The van der Waals surface area contributed by atoms with Crippen molar-refractivity contribution in [3.63, 3.8) is 0 Å². The predicted octanol–water partition coefficient (Wildman–Crippen LogP) is 1.79. The van der Waals surface area contributed by atoms with Crippen molar-refractivity contribution >= 4 is 23.3 Å². The second-order valence-corrected chi connectivity index (χ2v) is 4.51. The number of anilines is 1. The molecule has 2 aromatic rings. The smallest absolute Gasteiger partial charge is 0.340 e. The summed E-state index contributed by atoms with van der Waals surface area (Å²) in [5.74, 6) is -1.18. The van der Waals surface area contributed by atoms with Crippen LogP contribution >= 0.6 is 0 Å². The Balaban J connectivity index is 1.97. The van der Waals surface area contributed by atoms with Crippen LogP contribution in [0, 0.1) is 10.1 Å². The van der Waals surface area contributed by atoms with Crippen LogP contribution in [0.25, 0.3) is 0 Å². The molecule has 0 aliphatic carbocycles. The molecule has 2 rings (SSSR count). The average molecular weight is 331 g/mol. The van der Waals surface area contributed by atoms with Crippen LogP contribution in [0.4, 0.5) is 11.4 Å². The van der Waals surface area contributed by atoms with E-state index in [1.165, 1.54) is 43.8 Å². The summed E-state index contributed by atoms with van der Waals surface area (Å²) in [6.07, 6.45) is 2.82. The number of methoxy groups -OCH3 is 1. The number of hydrogen-bond donors (Lipinski definition) is 1. The molecule has 0 saturated heterocycles. The van der Waals surface area contributed by atoms with Crippen LogP contribution in [0.15, 0.2) is 42.7 Å². The molecule has 0 unspecified atom stereocenters. The highest BCUT2D eigenvalue weighted by molar-refractivity contribution is 5.96. The Hall–Kier alpha value is -3.49. The van der Waals surface area contributed by atoms with E-state index in [1.807, 2.05) is 0 Å². The van der Waals surface area contributed by atoms with Crippen LogP contribution in [0.1, 0.15) is 10.4 Å². The van der Waals surface area contributed by atoms with Crippen LogP contribution in [-0.2, 0) is 9.53 Å². The summed E-state index contributed by atoms with van der Waals surface area (Å²) in [6.45, 7) is -0.520. The van der Waals surface area contributed by atoms with Crippen molar-refractivity contribution < 1.29 is 24.0 Å². The summed E-state index contributed by atoms with van der Waals surface area (Å²) in [5.41, 5.74) is 0.275. The van der Waals surface area contributed by atoms with Crippen molar-refractivity contribution in [1.29, 1.82) is 0 Å². The first kappa shape index (κ1) is 16.9. The van der Waals surface area contributed by atoms with E-state index in [4.69, 9.17) is 9.47 Å². The molecular formula is C15H13N3O6. The van der Waals surface area contributed by atoms with Crippen molar-refractivity contribution in [2.75, 3.05) is 19.0 Å². The van der Waals surface area contributed by atoms with E-state index in [0.29, 0.717) is 0 Å². The number of rotatable bonds is 6. The molecule has 0 radical (unpaired) electrons. The third-order valence-corrected chi connectivity index (χ3v) is 2.90. The van der Waals surface area contributed by atoms with Crippen LogP contribution in [-0.4, -0.2) is 35.5 Å². The largest absolute Gasteiger partial charge is 0.494 e. The zero-order chi connectivity index (χ0) is 17.5. The number of carbonyl (C=O) groups excluding carboxylic acids is 2. The molecule has 1 aromatic carbocycles. The second-order valence-electron chi connectivity index (χ2n) is 4.51. The number of nitrogens with zero attached hydrogens (tertiary/aromatic N) is 2. The van der Waals surface area contributed by atoms with Gasteiger partial charge in [-0.15, -0.1) is 0 Å². The van der Waals surface area contributed by atoms with Gasteiger partial charge in [0.2, 0.25) is 0 Å². The van der Waals surface area contributed by atoms with Crippen LogP contribution in [0.2, 0.25) is 0 Å². The quantitative estimate of drug-likeness (QED) is 0.486. The number of nitrogens with one attached hydrogen (secondary N) is 1. The summed E-state index contributed by atoms with van der Waals surface area (Å²) in [7, 11) is 1.32. The standard InChI is InChI=1S/C15H13N3O6/c1-23-13-7-11(18(21)22)4-5-12(13)17-14(19)9-24-15(20)10-3-2-6-16-8-10/h2-8H,9H2,1H3,(H,17,19). The number of amides is 1. The lowest BCUT2D eigenvalue weighted by molar-refractivity contribution is -0.384. The molecule has 1 N–H and O–H groups in total. The summed E-state index contributed by atoms with van der Waals surface area (Å²) in [5, 5.41) is 13.2. The first-order valence-electron chi connectivity index (χ1n) is 6.70. The van der Waals surface area contributed by atoms with E-state index < -0.39 is 23.4 Å². The number of benzene rings is 1. The van der Waals surface area contributed by atoms with E-state index in [0.717, 1.165) is 0 Å². The number of nitro benzene ring substituents is 1. The van der Waals surface area contributed by atoms with Gasteiger partial charge in [0.25, 0.3) is 11.6 Å². The van der Waals surface area contributed by atoms with Crippen LogP contribution < -0.4 is 10.1 Å². The minimum absolute atomic E-state index is 0.121. The van der Waals surface area contributed by atoms with Gasteiger partial charge in [-0.1, -0.05) is 0 Å². The Kier molecular flexibility index (Phi) is 5.40. The van der Waals surface area contributed by atoms with Gasteiger partial charge in [0, 0.05) is 18.5 Å². The number of carbonyl (C=O) groups is 2. The highest BCUT2D eigenvalue weighted by Crippen LogP contribution is 2.28. The van der Waals surface area contributed by atoms with E-state index >= 15 is 0 Å². The summed E-state index contributed by atoms with van der Waals surface area (Å²) < 4.78 is 9.85. The van der Waals surface area contributed by atoms with Crippen molar-refractivity contribution in [2.24, 2.45) is 0 Å². The molecular weight excluding hydrogens is 318 g/mol. The molecule has 1 amide bonds. The van der Waals surface area contributed by atoms with Gasteiger partial charge in [-0.25, -0.2) is 4.79 Å². The Bertz CT molecular complexity index is 763. The summed E-state index contributed by atoms with van der Waals surface area (Å²) in [6, 6.07) is 6.81. The molecule has 1 heterocycles. The van der Waals surface area contributed by atoms with Gasteiger partial charge in [-0.3, -0.25) is 19.9 Å². The van der Waals surface area contributed by atoms with E-state index in [9.17, 15) is 19.7 Å². The molecule has 0 aliphatic rings. The first-order valence-corrected chi connectivity index (χ1v) is 6.70. The Labute approximate surface area is 136 Å². The zero-order valence-electron chi connectivity index (χ0n) is 12.6. The maximum atomic E-state index is 11.8. The van der Waals surface area contributed by atoms with Gasteiger partial charge in [-0.05, 0) is 18.2 Å². The molecule has 9 heteroatoms. The van der Waals surface area contributed by atoms with Gasteiger partial charge in [0.1, 0.15) is 5.75 Å². The van der Waals surface area contributed by atoms with Gasteiger partial charge in [-0.2, -0.15) is 0 Å². The minimum Gasteiger partial charge on any atom is -0.494 e. The molecule has 24 heavy (non-hydrogen) atoms. The van der Waals surface area contributed by atoms with Gasteiger partial charge in [0.05, 0.1) is 29.4 Å². The number of hydrogen-bond acceptors (Lipinski definition) is 7. The number of ether oxygens (including phenoxy) is 2. The highest BCUT2D eigenvalue weighted by atomic mass is 16.6. The predicted molar refractivity (Wildman–Crippen MR) is 82.8 cm³/mol. The van der Waals surface area contributed by atoms with Crippen molar-refractivity contribution in [1.82, 2.24) is 4.98 Å². The number of nitro groups is 1. The van der Waals surface area contributed by atoms with Gasteiger partial charge >= 0.3 is 5.97 Å². The number of aromatic nitrogens is 1. The Morgan fingerprint density at radius 1 is 1.33 bits per heavy atom. The van der Waals surface area contributed by atoms with Crippen LogP contribution in [0.3, 0.4) is 0 Å². The molecule has 1 aromatic heterocycles. The van der Waals surface area contributed by atoms with Crippen molar-refractivity contribution in [3.8, 4) is 5.75 Å². The molecule has 0 spiro atoms. The molecule has 0 bridgehead atoms. The molecule has 0 fully saturated rings. The number of esters is 1. The Morgan fingerprint density at radius 3 is 2.75 bits per heavy atom. The molecule has 0 aliphatic heterocycles. The van der Waals surface area contributed by atoms with E-state index in [-0.39, 0.29) is 22.7 Å². The highest BCUT2D eigenvalue weighted by Gasteiger charge is 2.15.